The van der Waals surface area contributed by atoms with Crippen LogP contribution < -0.4 is 4.74 Å². The van der Waals surface area contributed by atoms with Crippen LogP contribution in [0.4, 0.5) is 4.39 Å². The maximum atomic E-state index is 14.0. The van der Waals surface area contributed by atoms with Crippen molar-refractivity contribution in [1.82, 2.24) is 4.90 Å². The first-order chi connectivity index (χ1) is 8.02. The summed E-state index contributed by atoms with van der Waals surface area (Å²) >= 11 is 0. The van der Waals surface area contributed by atoms with Crippen LogP contribution in [-0.2, 0) is 6.54 Å². The van der Waals surface area contributed by atoms with Crippen molar-refractivity contribution in [1.29, 1.82) is 0 Å². The fourth-order valence-electron chi connectivity index (χ4n) is 2.44. The molecule has 2 rings (SSSR count). The quantitative estimate of drug-likeness (QED) is 0.782. The number of rotatable bonds is 2. The van der Waals surface area contributed by atoms with E-state index in [4.69, 9.17) is 4.74 Å². The summed E-state index contributed by atoms with van der Waals surface area (Å²) in [4.78, 5) is 2.02. The van der Waals surface area contributed by atoms with Crippen molar-refractivity contribution in [3.8, 4) is 5.75 Å². The molecule has 2 nitrogen and oxygen atoms in total. The summed E-state index contributed by atoms with van der Waals surface area (Å²) in [6, 6.07) is 3.98. The van der Waals surface area contributed by atoms with Crippen LogP contribution in [0.25, 0.3) is 0 Å². The first kappa shape index (κ1) is 12.4. The third kappa shape index (κ3) is 2.29. The summed E-state index contributed by atoms with van der Waals surface area (Å²) < 4.78 is 19.3. The van der Waals surface area contributed by atoms with E-state index in [1.807, 2.05) is 18.0 Å². The number of methoxy groups -OCH3 is 1. The van der Waals surface area contributed by atoms with Crippen LogP contribution in [0.2, 0.25) is 0 Å². The zero-order valence-electron chi connectivity index (χ0n) is 11.0. The van der Waals surface area contributed by atoms with Gasteiger partial charge in [-0.2, -0.15) is 0 Å². The van der Waals surface area contributed by atoms with Crippen molar-refractivity contribution in [2.45, 2.75) is 32.5 Å². The average molecular weight is 237 g/mol. The van der Waals surface area contributed by atoms with Gasteiger partial charge in [-0.3, -0.25) is 4.90 Å². The molecule has 1 aliphatic heterocycles. The topological polar surface area (TPSA) is 12.5 Å². The Kier molecular flexibility index (Phi) is 3.38. The predicted molar refractivity (Wildman–Crippen MR) is 67.3 cm³/mol. The summed E-state index contributed by atoms with van der Waals surface area (Å²) in [6.07, 6.45) is -0.904. The van der Waals surface area contributed by atoms with Gasteiger partial charge >= 0.3 is 0 Å². The second-order valence-corrected chi connectivity index (χ2v) is 5.11. The molecule has 0 aliphatic carbocycles. The van der Waals surface area contributed by atoms with Crippen molar-refractivity contribution in [2.24, 2.45) is 0 Å². The fourth-order valence-corrected chi connectivity index (χ4v) is 2.44. The molecule has 1 aliphatic rings. The zero-order chi connectivity index (χ0) is 12.6. The Hall–Kier alpha value is -1.09. The molecule has 0 N–H and O–H groups in total. The predicted octanol–water partition coefficient (Wildman–Crippen LogP) is 3.27. The maximum Gasteiger partial charge on any atom is 0.138 e. The molecule has 0 aromatic heterocycles. The van der Waals surface area contributed by atoms with E-state index in [9.17, 15) is 4.39 Å². The molecule has 0 radical (unpaired) electrons. The lowest BCUT2D eigenvalue weighted by atomic mass is 9.92. The molecule has 0 bridgehead atoms. The van der Waals surface area contributed by atoms with E-state index in [1.54, 1.807) is 7.11 Å². The minimum Gasteiger partial charge on any atom is -0.496 e. The molecule has 0 spiro atoms. The standard InChI is InChI=1S/C14H20FNO/c1-9(2)11-5-10-7-16(3)8-13(15)12(10)6-14(11)17-4/h5-6,9,13H,7-8H2,1-4H3. The minimum atomic E-state index is -0.904. The highest BCUT2D eigenvalue weighted by molar-refractivity contribution is 5.46. The number of hydrogen-bond donors (Lipinski definition) is 0. The number of hydrogen-bond acceptors (Lipinski definition) is 2. The second kappa shape index (κ2) is 4.65. The summed E-state index contributed by atoms with van der Waals surface area (Å²) in [5, 5.41) is 0. The van der Waals surface area contributed by atoms with Gasteiger partial charge in [-0.05, 0) is 35.7 Å². The van der Waals surface area contributed by atoms with Gasteiger partial charge in [0.25, 0.3) is 0 Å². The number of benzene rings is 1. The molecule has 1 unspecified atom stereocenters. The van der Waals surface area contributed by atoms with Crippen molar-refractivity contribution in [2.75, 3.05) is 20.7 Å². The molecule has 0 fully saturated rings. The Labute approximate surface area is 102 Å². The zero-order valence-corrected chi connectivity index (χ0v) is 11.0. The van der Waals surface area contributed by atoms with E-state index in [2.05, 4.69) is 19.9 Å². The normalized spacial score (nSPS) is 20.5. The Bertz CT molecular complexity index is 417. The van der Waals surface area contributed by atoms with E-state index in [0.717, 1.165) is 29.0 Å². The minimum absolute atomic E-state index is 0.389. The number of nitrogens with zero attached hydrogens (tertiary/aromatic N) is 1. The van der Waals surface area contributed by atoms with Gasteiger partial charge in [0, 0.05) is 13.1 Å². The lowest BCUT2D eigenvalue weighted by molar-refractivity contribution is 0.194. The summed E-state index contributed by atoms with van der Waals surface area (Å²) in [7, 11) is 3.60. The highest BCUT2D eigenvalue weighted by atomic mass is 19.1. The Morgan fingerprint density at radius 3 is 2.71 bits per heavy atom. The van der Waals surface area contributed by atoms with Crippen molar-refractivity contribution < 1.29 is 9.13 Å². The largest absolute Gasteiger partial charge is 0.496 e. The number of ether oxygens (including phenoxy) is 1. The number of halogens is 1. The highest BCUT2D eigenvalue weighted by Crippen LogP contribution is 2.36. The van der Waals surface area contributed by atoms with E-state index in [1.165, 1.54) is 0 Å². The maximum absolute atomic E-state index is 14.0. The van der Waals surface area contributed by atoms with Crippen molar-refractivity contribution in [3.05, 3.63) is 28.8 Å². The second-order valence-electron chi connectivity index (χ2n) is 5.11. The van der Waals surface area contributed by atoms with Gasteiger partial charge in [-0.1, -0.05) is 19.9 Å². The molecule has 17 heavy (non-hydrogen) atoms. The van der Waals surface area contributed by atoms with E-state index in [0.29, 0.717) is 12.5 Å². The van der Waals surface area contributed by atoms with Gasteiger partial charge in [0.2, 0.25) is 0 Å². The van der Waals surface area contributed by atoms with Crippen LogP contribution in [0.15, 0.2) is 12.1 Å². The average Bonchev–Trinajstić information content (AvgIpc) is 2.27. The third-order valence-electron chi connectivity index (χ3n) is 3.36. The van der Waals surface area contributed by atoms with E-state index < -0.39 is 6.17 Å². The lowest BCUT2D eigenvalue weighted by Crippen LogP contribution is -2.28. The molecule has 94 valence electrons. The molecule has 1 aromatic rings. The van der Waals surface area contributed by atoms with Gasteiger partial charge in [0.05, 0.1) is 7.11 Å². The summed E-state index contributed by atoms with van der Waals surface area (Å²) in [5.41, 5.74) is 3.05. The van der Waals surface area contributed by atoms with E-state index >= 15 is 0 Å². The van der Waals surface area contributed by atoms with Gasteiger partial charge in [-0.15, -0.1) is 0 Å². The first-order valence-electron chi connectivity index (χ1n) is 6.06. The number of fused-ring (bicyclic) bond motifs is 1. The van der Waals surface area contributed by atoms with Gasteiger partial charge in [0.1, 0.15) is 11.9 Å². The Morgan fingerprint density at radius 1 is 1.41 bits per heavy atom. The molecule has 1 atom stereocenters. The van der Waals surface area contributed by atoms with Crippen LogP contribution in [0.1, 0.15) is 42.6 Å². The van der Waals surface area contributed by atoms with E-state index in [-0.39, 0.29) is 0 Å². The molecular weight excluding hydrogens is 217 g/mol. The fraction of sp³-hybridized carbons (Fsp3) is 0.571. The number of alkyl halides is 1. The summed E-state index contributed by atoms with van der Waals surface area (Å²) in [6.45, 7) is 5.55. The highest BCUT2D eigenvalue weighted by Gasteiger charge is 2.25. The van der Waals surface area contributed by atoms with Crippen molar-refractivity contribution in [3.63, 3.8) is 0 Å². The monoisotopic (exact) mass is 237 g/mol. The molecule has 0 saturated heterocycles. The van der Waals surface area contributed by atoms with Gasteiger partial charge < -0.3 is 4.74 Å². The molecule has 0 saturated carbocycles. The van der Waals surface area contributed by atoms with Crippen LogP contribution in [-0.4, -0.2) is 25.6 Å². The first-order valence-corrected chi connectivity index (χ1v) is 6.06. The smallest absolute Gasteiger partial charge is 0.138 e. The van der Waals surface area contributed by atoms with Gasteiger partial charge in [-0.25, -0.2) is 4.39 Å². The molecular formula is C14H20FNO. The van der Waals surface area contributed by atoms with Crippen molar-refractivity contribution >= 4 is 0 Å². The van der Waals surface area contributed by atoms with Crippen LogP contribution in [0, 0.1) is 0 Å². The van der Waals surface area contributed by atoms with Crippen LogP contribution in [0.5, 0.6) is 5.75 Å². The number of likely N-dealkylation sites (N-methyl/N-ethyl adjacent to an activating group) is 1. The summed E-state index contributed by atoms with van der Waals surface area (Å²) in [5.74, 6) is 1.20. The van der Waals surface area contributed by atoms with Crippen LogP contribution in [0.3, 0.4) is 0 Å². The Morgan fingerprint density at radius 2 is 2.12 bits per heavy atom. The SMILES string of the molecule is COc1cc2c(cc1C(C)C)CN(C)CC2F. The molecule has 0 amide bonds. The molecule has 1 aromatic carbocycles. The Balaban J connectivity index is 2.50. The third-order valence-corrected chi connectivity index (χ3v) is 3.36. The molecule has 3 heteroatoms. The van der Waals surface area contributed by atoms with Crippen LogP contribution >= 0.6 is 0 Å². The van der Waals surface area contributed by atoms with Gasteiger partial charge in [0.15, 0.2) is 0 Å². The lowest BCUT2D eigenvalue weighted by Gasteiger charge is -2.29. The molecule has 1 heterocycles.